The van der Waals surface area contributed by atoms with Crippen LogP contribution in [0.4, 0.5) is 0 Å². The third-order valence-electron chi connectivity index (χ3n) is 1.84. The van der Waals surface area contributed by atoms with E-state index < -0.39 is 18.1 Å². The summed E-state index contributed by atoms with van der Waals surface area (Å²) in [5.41, 5.74) is 0. The predicted molar refractivity (Wildman–Crippen MR) is 52.3 cm³/mol. The molecule has 0 bridgehead atoms. The largest absolute Gasteiger partial charge is 0.480 e. The Labute approximate surface area is 86.2 Å². The van der Waals surface area contributed by atoms with E-state index in [0.29, 0.717) is 18.1 Å². The maximum atomic E-state index is 11.3. The second kappa shape index (κ2) is 5.21. The van der Waals surface area contributed by atoms with Gasteiger partial charge in [0.15, 0.2) is 0 Å². The molecule has 0 aromatic carbocycles. The Morgan fingerprint density at radius 3 is 2.71 bits per heavy atom. The fourth-order valence-electron chi connectivity index (χ4n) is 1.16. The van der Waals surface area contributed by atoms with Crippen LogP contribution in [0.3, 0.4) is 0 Å². The number of carboxylic acids is 1. The van der Waals surface area contributed by atoms with Gasteiger partial charge in [0.05, 0.1) is 6.61 Å². The molecular weight excluding hydrogens is 206 g/mol. The molecule has 5 nitrogen and oxygen atoms in total. The van der Waals surface area contributed by atoms with E-state index in [1.165, 1.54) is 11.8 Å². The van der Waals surface area contributed by atoms with Gasteiger partial charge in [-0.25, -0.2) is 0 Å². The molecule has 0 amide bonds. The lowest BCUT2D eigenvalue weighted by Gasteiger charge is -2.26. The highest BCUT2D eigenvalue weighted by atomic mass is 32.2. The summed E-state index contributed by atoms with van der Waals surface area (Å²) in [6.45, 7) is 2.04. The Bertz CT molecular complexity index is 233. The number of rotatable bonds is 3. The average Bonchev–Trinajstić information content (AvgIpc) is 2.18. The summed E-state index contributed by atoms with van der Waals surface area (Å²) in [6.07, 6.45) is 0. The Morgan fingerprint density at radius 2 is 2.14 bits per heavy atom. The van der Waals surface area contributed by atoms with Gasteiger partial charge in [-0.3, -0.25) is 14.9 Å². The zero-order valence-corrected chi connectivity index (χ0v) is 8.67. The van der Waals surface area contributed by atoms with Crippen molar-refractivity contribution in [2.24, 2.45) is 0 Å². The van der Waals surface area contributed by atoms with Crippen LogP contribution in [0.2, 0.25) is 0 Å². The fourth-order valence-corrected chi connectivity index (χ4v) is 2.24. The van der Waals surface area contributed by atoms with Gasteiger partial charge in [0.25, 0.3) is 0 Å². The van der Waals surface area contributed by atoms with Crippen molar-refractivity contribution in [2.45, 2.75) is 19.0 Å². The molecule has 0 aliphatic carbocycles. The first-order valence-corrected chi connectivity index (χ1v) is 5.54. The number of thioether (sulfide) groups is 1. The number of ether oxygens (including phenoxy) is 1. The van der Waals surface area contributed by atoms with Gasteiger partial charge in [-0.05, 0) is 6.92 Å². The molecule has 0 radical (unpaired) electrons. The molecule has 2 N–H and O–H groups in total. The van der Waals surface area contributed by atoms with Crippen LogP contribution < -0.4 is 5.32 Å². The molecule has 1 fully saturated rings. The number of esters is 1. The second-order valence-corrected chi connectivity index (χ2v) is 3.97. The van der Waals surface area contributed by atoms with E-state index in [1.807, 2.05) is 0 Å². The van der Waals surface area contributed by atoms with Gasteiger partial charge in [0, 0.05) is 11.5 Å². The number of hydrogen-bond acceptors (Lipinski definition) is 5. The maximum absolute atomic E-state index is 11.3. The van der Waals surface area contributed by atoms with Crippen LogP contribution in [-0.4, -0.2) is 47.2 Å². The lowest BCUT2D eigenvalue weighted by molar-refractivity contribution is -0.146. The number of carbonyl (C=O) groups is 2. The van der Waals surface area contributed by atoms with Gasteiger partial charge in [-0.15, -0.1) is 0 Å². The summed E-state index contributed by atoms with van der Waals surface area (Å²) >= 11 is 1.45. The average molecular weight is 219 g/mol. The number of aliphatic carboxylic acids is 1. The maximum Gasteiger partial charge on any atom is 0.324 e. The van der Waals surface area contributed by atoms with Crippen LogP contribution in [0.5, 0.6) is 0 Å². The van der Waals surface area contributed by atoms with Crippen LogP contribution in [0, 0.1) is 0 Å². The highest BCUT2D eigenvalue weighted by molar-refractivity contribution is 7.99. The van der Waals surface area contributed by atoms with Crippen molar-refractivity contribution in [1.29, 1.82) is 0 Å². The van der Waals surface area contributed by atoms with Gasteiger partial charge >= 0.3 is 11.9 Å². The van der Waals surface area contributed by atoms with Crippen molar-refractivity contribution >= 4 is 23.7 Å². The Kier molecular flexibility index (Phi) is 4.21. The molecule has 1 saturated heterocycles. The van der Waals surface area contributed by atoms with Crippen molar-refractivity contribution < 1.29 is 19.4 Å². The topological polar surface area (TPSA) is 75.6 Å². The van der Waals surface area contributed by atoms with E-state index in [-0.39, 0.29) is 5.97 Å². The Morgan fingerprint density at radius 1 is 1.50 bits per heavy atom. The van der Waals surface area contributed by atoms with Crippen LogP contribution >= 0.6 is 11.8 Å². The van der Waals surface area contributed by atoms with Crippen LogP contribution in [0.25, 0.3) is 0 Å². The van der Waals surface area contributed by atoms with Crippen molar-refractivity contribution in [3.05, 3.63) is 0 Å². The number of carbonyl (C=O) groups excluding carboxylic acids is 1. The predicted octanol–water partition coefficient (Wildman–Crippen LogP) is -0.292. The van der Waals surface area contributed by atoms with Gasteiger partial charge in [-0.1, -0.05) is 0 Å². The Hall–Kier alpha value is -0.750. The summed E-state index contributed by atoms with van der Waals surface area (Å²) < 4.78 is 4.80. The molecule has 0 saturated carbocycles. The summed E-state index contributed by atoms with van der Waals surface area (Å²) in [5, 5.41) is 11.5. The SMILES string of the molecule is CCOC(=O)[C@H]1CSCC(C(=O)O)N1. The summed E-state index contributed by atoms with van der Waals surface area (Å²) in [7, 11) is 0. The monoisotopic (exact) mass is 219 g/mol. The summed E-state index contributed by atoms with van der Waals surface area (Å²) in [6, 6.07) is -1.14. The third kappa shape index (κ3) is 2.88. The second-order valence-electron chi connectivity index (χ2n) is 2.90. The van der Waals surface area contributed by atoms with Gasteiger partial charge in [0.2, 0.25) is 0 Å². The first-order chi connectivity index (χ1) is 6.65. The minimum absolute atomic E-state index is 0.319. The Balaban J connectivity index is 2.47. The highest BCUT2D eigenvalue weighted by Crippen LogP contribution is 2.13. The van der Waals surface area contributed by atoms with Gasteiger partial charge in [-0.2, -0.15) is 11.8 Å². The third-order valence-corrected chi connectivity index (χ3v) is 2.98. The zero-order chi connectivity index (χ0) is 10.6. The highest BCUT2D eigenvalue weighted by Gasteiger charge is 2.31. The molecule has 0 aromatic rings. The first-order valence-electron chi connectivity index (χ1n) is 4.38. The molecule has 0 spiro atoms. The van der Waals surface area contributed by atoms with Crippen LogP contribution in [0.1, 0.15) is 6.92 Å². The van der Waals surface area contributed by atoms with E-state index in [2.05, 4.69) is 5.32 Å². The molecular formula is C8H13NO4S. The summed E-state index contributed by atoms with van der Waals surface area (Å²) in [5.74, 6) is -0.231. The van der Waals surface area contributed by atoms with Crippen LogP contribution in [0.15, 0.2) is 0 Å². The van der Waals surface area contributed by atoms with E-state index >= 15 is 0 Å². The molecule has 80 valence electrons. The number of hydrogen-bond donors (Lipinski definition) is 2. The molecule has 1 rings (SSSR count). The fraction of sp³-hybridized carbons (Fsp3) is 0.750. The van der Waals surface area contributed by atoms with E-state index in [1.54, 1.807) is 6.92 Å². The lowest BCUT2D eigenvalue weighted by Crippen LogP contribution is -2.53. The van der Waals surface area contributed by atoms with Crippen molar-refractivity contribution in [1.82, 2.24) is 5.32 Å². The van der Waals surface area contributed by atoms with E-state index in [9.17, 15) is 9.59 Å². The standard InChI is InChI=1S/C8H13NO4S/c1-2-13-8(12)6-4-14-3-5(9-6)7(10)11/h5-6,9H,2-4H2,1H3,(H,10,11)/t5?,6-/m1/s1. The minimum Gasteiger partial charge on any atom is -0.480 e. The minimum atomic E-state index is -0.925. The molecule has 6 heteroatoms. The van der Waals surface area contributed by atoms with Crippen molar-refractivity contribution in [3.63, 3.8) is 0 Å². The molecule has 14 heavy (non-hydrogen) atoms. The molecule has 1 heterocycles. The molecule has 0 aromatic heterocycles. The smallest absolute Gasteiger partial charge is 0.324 e. The van der Waals surface area contributed by atoms with Gasteiger partial charge in [0.1, 0.15) is 12.1 Å². The zero-order valence-electron chi connectivity index (χ0n) is 7.86. The van der Waals surface area contributed by atoms with Crippen molar-refractivity contribution in [3.8, 4) is 0 Å². The normalized spacial score (nSPS) is 26.9. The first kappa shape index (κ1) is 11.3. The molecule has 2 atom stereocenters. The molecule has 1 unspecified atom stereocenters. The van der Waals surface area contributed by atoms with E-state index in [4.69, 9.17) is 9.84 Å². The lowest BCUT2D eigenvalue weighted by atomic mass is 10.2. The quantitative estimate of drug-likeness (QED) is 0.635. The molecule has 1 aliphatic heterocycles. The van der Waals surface area contributed by atoms with Crippen LogP contribution in [-0.2, 0) is 14.3 Å². The van der Waals surface area contributed by atoms with E-state index in [0.717, 1.165) is 0 Å². The summed E-state index contributed by atoms with van der Waals surface area (Å²) in [4.78, 5) is 21.9. The number of nitrogens with one attached hydrogen (secondary N) is 1. The van der Waals surface area contributed by atoms with Gasteiger partial charge < -0.3 is 9.84 Å². The van der Waals surface area contributed by atoms with Crippen molar-refractivity contribution in [2.75, 3.05) is 18.1 Å². The molecule has 1 aliphatic rings. The number of carboxylic acid groups (broad SMARTS) is 1.